The quantitative estimate of drug-likeness (QED) is 0.238. The maximum Gasteiger partial charge on any atom is 0.321 e. The molecule has 1 aliphatic heterocycles. The lowest BCUT2D eigenvalue weighted by Crippen LogP contribution is -2.44. The molecule has 2 aromatic heterocycles. The number of thiazole rings is 1. The van der Waals surface area contributed by atoms with E-state index in [1.54, 1.807) is 0 Å². The molecule has 11 heteroatoms. The molecule has 0 bridgehead atoms. The van der Waals surface area contributed by atoms with E-state index in [2.05, 4.69) is 61.6 Å². The number of rotatable bonds is 6. The summed E-state index contributed by atoms with van der Waals surface area (Å²) in [5.41, 5.74) is 6.40. The predicted molar refractivity (Wildman–Crippen MR) is 160 cm³/mol. The maximum atomic E-state index is 12.4. The Kier molecular flexibility index (Phi) is 8.56. The van der Waals surface area contributed by atoms with Gasteiger partial charge >= 0.3 is 12.0 Å². The van der Waals surface area contributed by atoms with E-state index in [1.165, 1.54) is 11.3 Å². The third-order valence-electron chi connectivity index (χ3n) is 6.51. The van der Waals surface area contributed by atoms with Crippen LogP contribution in [-0.4, -0.2) is 61.3 Å². The summed E-state index contributed by atoms with van der Waals surface area (Å²) >= 11 is 1.42. The fourth-order valence-corrected chi connectivity index (χ4v) is 5.67. The average molecular weight is 565 g/mol. The molecule has 0 aliphatic carbocycles. The zero-order valence-electron chi connectivity index (χ0n) is 23.5. The van der Waals surface area contributed by atoms with Crippen molar-refractivity contribution in [2.45, 2.75) is 53.3 Å². The number of anilines is 2. The maximum absolute atomic E-state index is 12.4. The number of hydrogen-bond acceptors (Lipinski definition) is 8. The molecule has 0 saturated carbocycles. The number of ether oxygens (including phenoxy) is 1. The minimum atomic E-state index is -1.62. The number of fused-ring (bicyclic) bond motifs is 1. The van der Waals surface area contributed by atoms with Crippen molar-refractivity contribution in [3.63, 3.8) is 0 Å². The molecule has 206 valence electrons. The van der Waals surface area contributed by atoms with Crippen LogP contribution in [0.4, 0.5) is 15.9 Å². The topological polar surface area (TPSA) is 109 Å². The normalized spacial score (nSPS) is 14.9. The molecule has 1 aromatic carbocycles. The third-order valence-corrected chi connectivity index (χ3v) is 8.40. The summed E-state index contributed by atoms with van der Waals surface area (Å²) in [5, 5.41) is 6.07. The van der Waals surface area contributed by atoms with Crippen LogP contribution in [-0.2, 0) is 9.53 Å². The molecule has 4 rings (SSSR count). The fourth-order valence-electron chi connectivity index (χ4n) is 4.25. The van der Waals surface area contributed by atoms with Gasteiger partial charge in [-0.1, -0.05) is 36.9 Å². The van der Waals surface area contributed by atoms with Crippen molar-refractivity contribution in [3.8, 4) is 22.6 Å². The van der Waals surface area contributed by atoms with Gasteiger partial charge in [-0.3, -0.25) is 10.1 Å². The molecule has 9 nitrogen and oxygen atoms in total. The van der Waals surface area contributed by atoms with Crippen LogP contribution in [0.1, 0.15) is 39.2 Å². The first-order valence-corrected chi connectivity index (χ1v) is 17.6. The second kappa shape index (κ2) is 11.7. The predicted octanol–water partition coefficient (Wildman–Crippen LogP) is 5.29. The Morgan fingerprint density at radius 3 is 2.44 bits per heavy atom. The molecule has 0 atom stereocenters. The van der Waals surface area contributed by atoms with Crippen LogP contribution in [0, 0.1) is 16.9 Å². The van der Waals surface area contributed by atoms with Gasteiger partial charge in [-0.05, 0) is 51.3 Å². The van der Waals surface area contributed by atoms with Gasteiger partial charge in [0.2, 0.25) is 5.95 Å². The summed E-state index contributed by atoms with van der Waals surface area (Å²) in [5.74, 6) is 3.90. The molecular weight excluding hydrogens is 529 g/mol. The van der Waals surface area contributed by atoms with E-state index in [0.29, 0.717) is 50.2 Å². The highest BCUT2D eigenvalue weighted by Crippen LogP contribution is 2.35. The molecule has 3 aromatic rings. The average Bonchev–Trinajstić information content (AvgIpc) is 3.30. The number of nitrogens with one attached hydrogen (secondary N) is 2. The number of hydrogen-bond donors (Lipinski definition) is 2. The number of carbonyl (C=O) groups is 2. The number of aromatic nitrogens is 3. The van der Waals surface area contributed by atoms with Crippen LogP contribution in [0.25, 0.3) is 21.3 Å². The second-order valence-electron chi connectivity index (χ2n) is 10.9. The van der Waals surface area contributed by atoms with E-state index in [4.69, 9.17) is 4.74 Å². The minimum absolute atomic E-state index is 0.129. The first kappa shape index (κ1) is 28.5. The number of amides is 2. The van der Waals surface area contributed by atoms with Gasteiger partial charge < -0.3 is 15.0 Å². The number of benzene rings is 1. The van der Waals surface area contributed by atoms with Gasteiger partial charge in [0, 0.05) is 43.2 Å². The Hall–Kier alpha value is -3.49. The Labute approximate surface area is 234 Å². The lowest BCUT2D eigenvalue weighted by atomic mass is 9.80. The van der Waals surface area contributed by atoms with E-state index >= 15 is 0 Å². The summed E-state index contributed by atoms with van der Waals surface area (Å²) in [6.07, 6.45) is 5.03. The zero-order valence-corrected chi connectivity index (χ0v) is 25.3. The SMILES string of the molecule is CCNC(=O)Nc1nc2cc(-c3cnc(N4CCC(C)(C(=O)OCC)CC4)nc3)cc(C#C[Si](C)(C)C)c2s1. The zero-order chi connectivity index (χ0) is 28.2. The van der Waals surface area contributed by atoms with Crippen LogP contribution in [0.2, 0.25) is 19.6 Å². The third kappa shape index (κ3) is 6.94. The molecule has 0 unspecified atom stereocenters. The van der Waals surface area contributed by atoms with Crippen molar-refractivity contribution in [2.24, 2.45) is 5.41 Å². The number of nitrogens with zero attached hydrogens (tertiary/aromatic N) is 4. The summed E-state index contributed by atoms with van der Waals surface area (Å²) in [7, 11) is -1.62. The highest BCUT2D eigenvalue weighted by atomic mass is 32.1. The Balaban J connectivity index is 1.60. The van der Waals surface area contributed by atoms with Crippen LogP contribution in [0.3, 0.4) is 0 Å². The number of urea groups is 1. The Bertz CT molecular complexity index is 1410. The number of carbonyl (C=O) groups excluding carboxylic acids is 2. The fraction of sp³-hybridized carbons (Fsp3) is 0.464. The van der Waals surface area contributed by atoms with Crippen molar-refractivity contribution >= 4 is 52.7 Å². The highest BCUT2D eigenvalue weighted by molar-refractivity contribution is 7.22. The molecule has 1 aliphatic rings. The molecule has 2 amide bonds. The van der Waals surface area contributed by atoms with E-state index in [9.17, 15) is 9.59 Å². The highest BCUT2D eigenvalue weighted by Gasteiger charge is 2.38. The van der Waals surface area contributed by atoms with Gasteiger partial charge in [-0.25, -0.2) is 19.7 Å². The minimum Gasteiger partial charge on any atom is -0.466 e. The smallest absolute Gasteiger partial charge is 0.321 e. The molecule has 1 fully saturated rings. The van der Waals surface area contributed by atoms with E-state index < -0.39 is 13.5 Å². The van der Waals surface area contributed by atoms with Gasteiger partial charge in [-0.15, -0.1) is 5.54 Å². The summed E-state index contributed by atoms with van der Waals surface area (Å²) in [6.45, 7) is 14.6. The Morgan fingerprint density at radius 2 is 1.82 bits per heavy atom. The molecule has 39 heavy (non-hydrogen) atoms. The van der Waals surface area contributed by atoms with Gasteiger partial charge in [-0.2, -0.15) is 0 Å². The first-order valence-electron chi connectivity index (χ1n) is 13.3. The van der Waals surface area contributed by atoms with Crippen LogP contribution in [0.5, 0.6) is 0 Å². The van der Waals surface area contributed by atoms with Gasteiger partial charge in [0.1, 0.15) is 8.07 Å². The number of esters is 1. The van der Waals surface area contributed by atoms with Crippen molar-refractivity contribution in [2.75, 3.05) is 36.5 Å². The monoisotopic (exact) mass is 564 g/mol. The van der Waals surface area contributed by atoms with Crippen LogP contribution < -0.4 is 15.5 Å². The summed E-state index contributed by atoms with van der Waals surface area (Å²) in [6, 6.07) is 3.75. The van der Waals surface area contributed by atoms with Gasteiger partial charge in [0.15, 0.2) is 5.13 Å². The molecule has 1 saturated heterocycles. The molecule has 2 N–H and O–H groups in total. The summed E-state index contributed by atoms with van der Waals surface area (Å²) < 4.78 is 6.21. The van der Waals surface area contributed by atoms with Crippen LogP contribution >= 0.6 is 11.3 Å². The first-order chi connectivity index (χ1) is 18.5. The van der Waals surface area contributed by atoms with Gasteiger partial charge in [0.25, 0.3) is 0 Å². The lowest BCUT2D eigenvalue weighted by molar-refractivity contribution is -0.155. The van der Waals surface area contributed by atoms with Crippen molar-refractivity contribution in [1.29, 1.82) is 0 Å². The van der Waals surface area contributed by atoms with Crippen LogP contribution in [0.15, 0.2) is 24.5 Å². The molecule has 0 spiro atoms. The standard InChI is InChI=1S/C28H36N6O3SSi/c1-7-29-26(36)33-27-32-22-16-20(15-19(23(22)38-27)9-14-39(4,5)6)21-17-30-25(31-18-21)34-12-10-28(3,11-13-34)24(35)37-8-2/h15-18H,7-8,10-13H2,1-6H3,(H2,29,32,33,36). The second-order valence-corrected chi connectivity index (χ2v) is 16.7. The largest absolute Gasteiger partial charge is 0.466 e. The van der Waals surface area contributed by atoms with E-state index in [0.717, 1.165) is 26.9 Å². The van der Waals surface area contributed by atoms with Crippen molar-refractivity contribution in [1.82, 2.24) is 20.3 Å². The van der Waals surface area contributed by atoms with Crippen molar-refractivity contribution < 1.29 is 14.3 Å². The lowest BCUT2D eigenvalue weighted by Gasteiger charge is -2.37. The Morgan fingerprint density at radius 1 is 1.13 bits per heavy atom. The number of piperidine rings is 1. The van der Waals surface area contributed by atoms with Crippen molar-refractivity contribution in [3.05, 3.63) is 30.1 Å². The molecular formula is C28H36N6O3SSi. The molecule has 0 radical (unpaired) electrons. The van der Waals surface area contributed by atoms with E-state index in [1.807, 2.05) is 45.3 Å². The van der Waals surface area contributed by atoms with Gasteiger partial charge in [0.05, 0.1) is 22.2 Å². The van der Waals surface area contributed by atoms with E-state index in [-0.39, 0.29) is 12.0 Å². The summed E-state index contributed by atoms with van der Waals surface area (Å²) in [4.78, 5) is 40.5. The molecule has 3 heterocycles.